The molecule has 4 rings (SSSR count). The monoisotopic (exact) mass is 422 g/mol. The van der Waals surface area contributed by atoms with E-state index in [2.05, 4.69) is 10.5 Å². The van der Waals surface area contributed by atoms with Crippen molar-refractivity contribution in [3.63, 3.8) is 0 Å². The number of amides is 1. The van der Waals surface area contributed by atoms with Crippen molar-refractivity contribution in [1.82, 2.24) is 5.43 Å². The zero-order chi connectivity index (χ0) is 22.0. The Morgan fingerprint density at radius 2 is 1.94 bits per heavy atom. The van der Waals surface area contributed by atoms with Gasteiger partial charge in [0, 0.05) is 6.07 Å². The normalized spacial score (nSPS) is 15.1. The third-order valence-electron chi connectivity index (χ3n) is 4.64. The van der Waals surface area contributed by atoms with Gasteiger partial charge in [-0.05, 0) is 28.5 Å². The first-order chi connectivity index (χ1) is 15.0. The van der Waals surface area contributed by atoms with Crippen molar-refractivity contribution in [2.45, 2.75) is 6.10 Å². The summed E-state index contributed by atoms with van der Waals surface area (Å²) in [6.45, 7) is -0.0237. The Hall–Kier alpha value is -4.34. The van der Waals surface area contributed by atoms with E-state index in [1.165, 1.54) is 7.11 Å². The topological polar surface area (TPSA) is 135 Å². The van der Waals surface area contributed by atoms with Crippen LogP contribution in [0.15, 0.2) is 53.6 Å². The highest BCUT2D eigenvalue weighted by atomic mass is 16.6. The summed E-state index contributed by atoms with van der Waals surface area (Å²) in [6, 6.07) is 13.4. The molecule has 3 aromatic carbocycles. The van der Waals surface area contributed by atoms with Crippen LogP contribution in [-0.2, 0) is 4.79 Å². The highest BCUT2D eigenvalue weighted by Crippen LogP contribution is 2.36. The number of nitrogens with zero attached hydrogens (tertiary/aromatic N) is 2. The Bertz CT molecular complexity index is 1210. The predicted octanol–water partition coefficient (Wildman–Crippen LogP) is 2.12. The van der Waals surface area contributed by atoms with Gasteiger partial charge in [-0.3, -0.25) is 14.9 Å². The van der Waals surface area contributed by atoms with E-state index in [1.807, 2.05) is 30.3 Å². The maximum Gasteiger partial charge on any atom is 0.284 e. The van der Waals surface area contributed by atoms with Gasteiger partial charge in [-0.2, -0.15) is 5.10 Å². The second-order valence-corrected chi connectivity index (χ2v) is 6.62. The molecule has 0 radical (unpaired) electrons. The number of hydrogen-bond acceptors (Lipinski definition) is 8. The van der Waals surface area contributed by atoms with Gasteiger partial charge in [0.25, 0.3) is 11.6 Å². The summed E-state index contributed by atoms with van der Waals surface area (Å²) >= 11 is 0. The number of methoxy groups -OCH3 is 1. The Balaban J connectivity index is 1.47. The van der Waals surface area contributed by atoms with Gasteiger partial charge in [0.2, 0.25) is 6.10 Å². The fourth-order valence-corrected chi connectivity index (χ4v) is 3.08. The van der Waals surface area contributed by atoms with Crippen LogP contribution in [0.1, 0.15) is 5.56 Å². The molecule has 1 N–H and O–H groups in total. The van der Waals surface area contributed by atoms with Crippen LogP contribution in [0.25, 0.3) is 10.8 Å². The van der Waals surface area contributed by atoms with E-state index in [0.29, 0.717) is 11.5 Å². The van der Waals surface area contributed by atoms with Crippen molar-refractivity contribution in [2.75, 3.05) is 13.7 Å². The maximum atomic E-state index is 12.4. The first-order valence-electron chi connectivity index (χ1n) is 9.15. The van der Waals surface area contributed by atoms with E-state index in [0.717, 1.165) is 29.1 Å². The molecular weight excluding hydrogens is 406 g/mol. The number of benzene rings is 3. The van der Waals surface area contributed by atoms with Crippen LogP contribution in [-0.4, -0.2) is 36.9 Å². The molecule has 0 spiro atoms. The average Bonchev–Trinajstić information content (AvgIpc) is 2.78. The summed E-state index contributed by atoms with van der Waals surface area (Å²) in [4.78, 5) is 22.8. The highest BCUT2D eigenvalue weighted by molar-refractivity contribution is 5.89. The minimum atomic E-state index is -0.961. The number of carbonyl (C=O) groups excluding carboxylic acids is 1. The van der Waals surface area contributed by atoms with E-state index in [9.17, 15) is 20.0 Å². The Labute approximate surface area is 175 Å². The molecule has 1 atom stereocenters. The van der Waals surface area contributed by atoms with Crippen LogP contribution >= 0.6 is 0 Å². The van der Waals surface area contributed by atoms with Crippen LogP contribution < -0.4 is 24.7 Å². The molecule has 0 saturated heterocycles. The third kappa shape index (κ3) is 4.04. The molecule has 158 valence electrons. The SMILES string of the molecule is COc1cc([N+](=O)[O-])cc(/C=N/NC(=O)[C@H]2COc3cc4ccccc4cc3O2)c1[O-]. The lowest BCUT2D eigenvalue weighted by molar-refractivity contribution is -0.385. The van der Waals surface area contributed by atoms with Gasteiger partial charge in [0.1, 0.15) is 12.4 Å². The standard InChI is InChI=1S/C21H17N3O7/c1-29-18-9-15(24(27)28)6-14(20(18)25)10-22-23-21(26)19-11-30-16-7-12-4-2-3-5-13(12)8-17(16)31-19/h2-10,19,25H,11H2,1H3,(H,23,26)/p-1/b22-10+/t19-/m1/s1. The van der Waals surface area contributed by atoms with Crippen molar-refractivity contribution < 1.29 is 29.0 Å². The van der Waals surface area contributed by atoms with E-state index in [-0.39, 0.29) is 23.6 Å². The number of carbonyl (C=O) groups is 1. The lowest BCUT2D eigenvalue weighted by Crippen LogP contribution is -2.42. The number of nitro groups is 1. The molecule has 0 unspecified atom stereocenters. The lowest BCUT2D eigenvalue weighted by Gasteiger charge is -2.25. The number of hydrogen-bond donors (Lipinski definition) is 1. The molecule has 0 saturated carbocycles. The molecule has 0 aliphatic carbocycles. The number of nitrogens with one attached hydrogen (secondary N) is 1. The third-order valence-corrected chi connectivity index (χ3v) is 4.64. The van der Waals surface area contributed by atoms with Crippen LogP contribution in [0.2, 0.25) is 0 Å². The summed E-state index contributed by atoms with van der Waals surface area (Å²) in [5.41, 5.74) is 1.81. The van der Waals surface area contributed by atoms with Crippen molar-refractivity contribution in [1.29, 1.82) is 0 Å². The molecule has 31 heavy (non-hydrogen) atoms. The Morgan fingerprint density at radius 3 is 2.61 bits per heavy atom. The molecule has 0 aromatic heterocycles. The van der Waals surface area contributed by atoms with Gasteiger partial charge in [-0.15, -0.1) is 0 Å². The quantitative estimate of drug-likeness (QED) is 0.378. The Morgan fingerprint density at radius 1 is 1.23 bits per heavy atom. The van der Waals surface area contributed by atoms with E-state index in [1.54, 1.807) is 6.07 Å². The minimum absolute atomic E-state index is 0.0237. The van der Waals surface area contributed by atoms with Crippen molar-refractivity contribution in [3.8, 4) is 23.0 Å². The first-order valence-corrected chi connectivity index (χ1v) is 9.15. The molecule has 10 heteroatoms. The summed E-state index contributed by atoms with van der Waals surface area (Å²) in [5.74, 6) is -0.427. The number of non-ortho nitro benzene ring substituents is 1. The molecule has 0 bridgehead atoms. The second kappa shape index (κ2) is 8.19. The van der Waals surface area contributed by atoms with Crippen molar-refractivity contribution >= 4 is 28.6 Å². The van der Waals surface area contributed by atoms with Gasteiger partial charge < -0.3 is 19.3 Å². The molecule has 1 heterocycles. The minimum Gasteiger partial charge on any atom is -0.870 e. The maximum absolute atomic E-state index is 12.4. The molecule has 1 aliphatic rings. The zero-order valence-electron chi connectivity index (χ0n) is 16.2. The molecular formula is C21H16N3O7-. The van der Waals surface area contributed by atoms with Gasteiger partial charge in [-0.25, -0.2) is 5.43 Å². The van der Waals surface area contributed by atoms with E-state index in [4.69, 9.17) is 14.2 Å². The molecule has 0 fully saturated rings. The van der Waals surface area contributed by atoms with Crippen LogP contribution in [0, 0.1) is 10.1 Å². The summed E-state index contributed by atoms with van der Waals surface area (Å²) in [6.07, 6.45) is 0.0538. The smallest absolute Gasteiger partial charge is 0.284 e. The number of fused-ring (bicyclic) bond motifs is 2. The lowest BCUT2D eigenvalue weighted by atomic mass is 10.1. The number of ether oxygens (including phenoxy) is 3. The second-order valence-electron chi connectivity index (χ2n) is 6.62. The highest BCUT2D eigenvalue weighted by Gasteiger charge is 2.27. The summed E-state index contributed by atoms with van der Waals surface area (Å²) in [7, 11) is 1.23. The largest absolute Gasteiger partial charge is 0.870 e. The van der Waals surface area contributed by atoms with Crippen molar-refractivity contribution in [3.05, 3.63) is 64.2 Å². The molecule has 10 nitrogen and oxygen atoms in total. The van der Waals surface area contributed by atoms with Gasteiger partial charge in [-0.1, -0.05) is 30.0 Å². The van der Waals surface area contributed by atoms with E-state index < -0.39 is 22.7 Å². The van der Waals surface area contributed by atoms with Crippen molar-refractivity contribution in [2.24, 2.45) is 5.10 Å². The summed E-state index contributed by atoms with van der Waals surface area (Å²) < 4.78 is 16.2. The van der Waals surface area contributed by atoms with Crippen LogP contribution in [0.3, 0.4) is 0 Å². The average molecular weight is 422 g/mol. The first kappa shape index (κ1) is 20.0. The predicted molar refractivity (Wildman–Crippen MR) is 109 cm³/mol. The van der Waals surface area contributed by atoms with Gasteiger partial charge >= 0.3 is 0 Å². The number of hydrazone groups is 1. The fraction of sp³-hybridized carbons (Fsp3) is 0.143. The Kier molecular flexibility index (Phi) is 5.27. The molecule has 1 aliphatic heterocycles. The zero-order valence-corrected chi connectivity index (χ0v) is 16.2. The number of nitro benzene ring substituents is 1. The number of rotatable bonds is 5. The molecule has 1 amide bonds. The van der Waals surface area contributed by atoms with Crippen LogP contribution in [0.4, 0.5) is 5.69 Å². The van der Waals surface area contributed by atoms with Gasteiger partial charge in [0.15, 0.2) is 11.5 Å². The van der Waals surface area contributed by atoms with E-state index >= 15 is 0 Å². The molecule has 3 aromatic rings. The fourth-order valence-electron chi connectivity index (χ4n) is 3.08. The van der Waals surface area contributed by atoms with Gasteiger partial charge in [0.05, 0.1) is 24.3 Å². The van der Waals surface area contributed by atoms with Crippen LogP contribution in [0.5, 0.6) is 23.0 Å². The summed E-state index contributed by atoms with van der Waals surface area (Å²) in [5, 5.41) is 28.8.